The smallest absolute Gasteiger partial charge is 0.272 e. The molecule has 3 aromatic rings. The molecule has 1 heterocycles. The number of rotatable bonds is 8. The maximum absolute atomic E-state index is 13.6. The number of anilines is 2. The quantitative estimate of drug-likeness (QED) is 0.410. The van der Waals surface area contributed by atoms with Crippen LogP contribution in [0.25, 0.3) is 5.57 Å². The Morgan fingerprint density at radius 1 is 0.818 bits per heavy atom. The van der Waals surface area contributed by atoms with E-state index in [2.05, 4.69) is 18.7 Å². The number of benzene rings is 3. The van der Waals surface area contributed by atoms with Gasteiger partial charge < -0.3 is 9.64 Å². The zero-order valence-electron chi connectivity index (χ0n) is 18.9. The van der Waals surface area contributed by atoms with Gasteiger partial charge in [-0.1, -0.05) is 42.1 Å². The summed E-state index contributed by atoms with van der Waals surface area (Å²) in [7, 11) is 1.60. The Morgan fingerprint density at radius 3 is 2.03 bits per heavy atom. The first-order chi connectivity index (χ1) is 16.1. The maximum Gasteiger partial charge on any atom is 0.272 e. The number of carbonyl (C=O) groups is 2. The van der Waals surface area contributed by atoms with Gasteiger partial charge in [-0.15, -0.1) is 0 Å². The number of methoxy groups -OCH3 is 1. The third-order valence-corrected chi connectivity index (χ3v) is 6.71. The van der Waals surface area contributed by atoms with Crippen LogP contribution in [0.5, 0.6) is 5.75 Å². The molecule has 0 spiro atoms. The summed E-state index contributed by atoms with van der Waals surface area (Å²) in [4.78, 5) is 32.0. The van der Waals surface area contributed by atoms with Crippen molar-refractivity contribution in [3.63, 3.8) is 0 Å². The Bertz CT molecular complexity index is 1170. The number of thioether (sulfide) groups is 1. The number of amides is 2. The Morgan fingerprint density at radius 2 is 1.45 bits per heavy atom. The number of hydrogen-bond acceptors (Lipinski definition) is 5. The van der Waals surface area contributed by atoms with Crippen molar-refractivity contribution in [1.82, 2.24) is 0 Å². The zero-order chi connectivity index (χ0) is 23.4. The highest BCUT2D eigenvalue weighted by atomic mass is 32.2. The molecule has 0 aliphatic carbocycles. The van der Waals surface area contributed by atoms with Crippen LogP contribution in [-0.4, -0.2) is 32.0 Å². The van der Waals surface area contributed by atoms with E-state index in [9.17, 15) is 9.59 Å². The molecule has 168 valence electrons. The van der Waals surface area contributed by atoms with E-state index < -0.39 is 0 Å². The average Bonchev–Trinajstić information content (AvgIpc) is 3.10. The second-order valence-electron chi connectivity index (χ2n) is 7.48. The summed E-state index contributed by atoms with van der Waals surface area (Å²) in [5.74, 6) is 0.0617. The van der Waals surface area contributed by atoms with Crippen LogP contribution < -0.4 is 14.5 Å². The van der Waals surface area contributed by atoms with Gasteiger partial charge in [-0.25, -0.2) is 4.90 Å². The summed E-state index contributed by atoms with van der Waals surface area (Å²) in [6.07, 6.45) is 0. The van der Waals surface area contributed by atoms with Crippen LogP contribution in [0.2, 0.25) is 0 Å². The van der Waals surface area contributed by atoms with Gasteiger partial charge in [0.15, 0.2) is 0 Å². The number of ether oxygens (including phenoxy) is 1. The summed E-state index contributed by atoms with van der Waals surface area (Å²) in [6, 6.07) is 24.4. The van der Waals surface area contributed by atoms with Gasteiger partial charge in [-0.05, 0) is 67.9 Å². The van der Waals surface area contributed by atoms with Crippen LogP contribution in [0.15, 0.2) is 88.7 Å². The molecule has 3 aromatic carbocycles. The van der Waals surface area contributed by atoms with Gasteiger partial charge in [0.2, 0.25) is 0 Å². The van der Waals surface area contributed by atoms with E-state index in [4.69, 9.17) is 4.74 Å². The second kappa shape index (κ2) is 9.96. The number of nitrogens with zero attached hydrogens (tertiary/aromatic N) is 2. The SMILES string of the molecule is CCN(CC)c1ccc(N2C(=O)C(Sc3ccccc3)=C(c3ccc(OC)cc3)C2=O)cc1. The highest BCUT2D eigenvalue weighted by Crippen LogP contribution is 2.41. The number of carbonyl (C=O) groups excluding carboxylic acids is 2. The fraction of sp³-hybridized carbons (Fsp3) is 0.185. The first-order valence-corrected chi connectivity index (χ1v) is 11.7. The largest absolute Gasteiger partial charge is 0.497 e. The van der Waals surface area contributed by atoms with Crippen molar-refractivity contribution in [3.8, 4) is 5.75 Å². The lowest BCUT2D eigenvalue weighted by atomic mass is 10.1. The van der Waals surface area contributed by atoms with Gasteiger partial charge in [0, 0.05) is 23.7 Å². The van der Waals surface area contributed by atoms with Crippen molar-refractivity contribution in [2.45, 2.75) is 18.7 Å². The Hall–Kier alpha value is -3.51. The molecule has 0 fully saturated rings. The average molecular weight is 459 g/mol. The number of imide groups is 1. The van der Waals surface area contributed by atoms with E-state index in [1.165, 1.54) is 16.7 Å². The van der Waals surface area contributed by atoms with Crippen LogP contribution in [0.3, 0.4) is 0 Å². The fourth-order valence-corrected chi connectivity index (χ4v) is 4.87. The molecule has 33 heavy (non-hydrogen) atoms. The molecule has 6 heteroatoms. The van der Waals surface area contributed by atoms with Crippen LogP contribution in [0.4, 0.5) is 11.4 Å². The predicted octanol–water partition coefficient (Wildman–Crippen LogP) is 5.62. The Balaban J connectivity index is 1.74. The molecule has 4 rings (SSSR count). The molecule has 0 saturated heterocycles. The molecule has 1 aliphatic heterocycles. The molecule has 0 unspecified atom stereocenters. The van der Waals surface area contributed by atoms with Gasteiger partial charge in [-0.3, -0.25) is 9.59 Å². The van der Waals surface area contributed by atoms with E-state index in [1.807, 2.05) is 66.7 Å². The highest BCUT2D eigenvalue weighted by Gasteiger charge is 2.40. The summed E-state index contributed by atoms with van der Waals surface area (Å²) in [5.41, 5.74) is 2.72. The lowest BCUT2D eigenvalue weighted by Gasteiger charge is -2.22. The normalized spacial score (nSPS) is 13.6. The fourth-order valence-electron chi connectivity index (χ4n) is 3.86. The van der Waals surface area contributed by atoms with Crippen molar-refractivity contribution in [2.75, 3.05) is 30.0 Å². The van der Waals surface area contributed by atoms with Crippen LogP contribution in [-0.2, 0) is 9.59 Å². The van der Waals surface area contributed by atoms with Crippen LogP contribution >= 0.6 is 11.8 Å². The summed E-state index contributed by atoms with van der Waals surface area (Å²) in [5, 5.41) is 0. The Labute approximate surface area is 198 Å². The molecule has 0 aromatic heterocycles. The summed E-state index contributed by atoms with van der Waals surface area (Å²) >= 11 is 1.32. The van der Waals surface area contributed by atoms with Gasteiger partial charge >= 0.3 is 0 Å². The van der Waals surface area contributed by atoms with Gasteiger partial charge in [0.25, 0.3) is 11.8 Å². The van der Waals surface area contributed by atoms with Crippen molar-refractivity contribution < 1.29 is 14.3 Å². The van der Waals surface area contributed by atoms with Crippen molar-refractivity contribution in [3.05, 3.63) is 89.3 Å². The van der Waals surface area contributed by atoms with E-state index >= 15 is 0 Å². The Kier molecular flexibility index (Phi) is 6.84. The van der Waals surface area contributed by atoms with Crippen molar-refractivity contribution in [1.29, 1.82) is 0 Å². The maximum atomic E-state index is 13.6. The molecule has 2 amide bonds. The first kappa shape index (κ1) is 22.7. The lowest BCUT2D eigenvalue weighted by molar-refractivity contribution is -0.119. The number of hydrogen-bond donors (Lipinski definition) is 0. The molecule has 0 bridgehead atoms. The predicted molar refractivity (Wildman–Crippen MR) is 135 cm³/mol. The minimum Gasteiger partial charge on any atom is -0.497 e. The minimum absolute atomic E-state index is 0.310. The minimum atomic E-state index is -0.320. The molecule has 0 atom stereocenters. The van der Waals surface area contributed by atoms with Crippen molar-refractivity contribution >= 4 is 40.5 Å². The molecule has 5 nitrogen and oxygen atoms in total. The molecular formula is C27H26N2O3S. The molecule has 0 N–H and O–H groups in total. The molecule has 0 radical (unpaired) electrons. The molecule has 0 saturated carbocycles. The topological polar surface area (TPSA) is 49.9 Å². The highest BCUT2D eigenvalue weighted by molar-refractivity contribution is 8.04. The van der Waals surface area contributed by atoms with Crippen molar-refractivity contribution in [2.24, 2.45) is 0 Å². The standard InChI is InChI=1S/C27H26N2O3S/c1-4-28(5-2)20-13-15-21(16-14-20)29-26(30)24(19-11-17-22(32-3)18-12-19)25(27(29)31)33-23-9-7-6-8-10-23/h6-18H,4-5H2,1-3H3. The van der Waals surface area contributed by atoms with E-state index in [0.717, 1.165) is 23.7 Å². The van der Waals surface area contributed by atoms with E-state index in [0.29, 0.717) is 27.5 Å². The van der Waals surface area contributed by atoms with Crippen LogP contribution in [0, 0.1) is 0 Å². The summed E-state index contributed by atoms with van der Waals surface area (Å²) in [6.45, 7) is 5.98. The third kappa shape index (κ3) is 4.52. The van der Waals surface area contributed by atoms with Gasteiger partial charge in [0.05, 0.1) is 23.3 Å². The molecule has 1 aliphatic rings. The third-order valence-electron chi connectivity index (χ3n) is 5.62. The second-order valence-corrected chi connectivity index (χ2v) is 8.57. The molecular weight excluding hydrogens is 432 g/mol. The van der Waals surface area contributed by atoms with E-state index in [1.54, 1.807) is 19.2 Å². The zero-order valence-corrected chi connectivity index (χ0v) is 19.8. The van der Waals surface area contributed by atoms with Gasteiger partial charge in [-0.2, -0.15) is 0 Å². The monoisotopic (exact) mass is 458 g/mol. The summed E-state index contributed by atoms with van der Waals surface area (Å²) < 4.78 is 5.25. The van der Waals surface area contributed by atoms with E-state index in [-0.39, 0.29) is 11.8 Å². The van der Waals surface area contributed by atoms with Crippen LogP contribution in [0.1, 0.15) is 19.4 Å². The first-order valence-electron chi connectivity index (χ1n) is 10.9. The lowest BCUT2D eigenvalue weighted by Crippen LogP contribution is -2.31. The van der Waals surface area contributed by atoms with Gasteiger partial charge in [0.1, 0.15) is 5.75 Å².